The Kier molecular flexibility index (Phi) is 5.13. The molecule has 0 aliphatic carbocycles. The fraction of sp³-hybridized carbons (Fsp3) is 0.769. The van der Waals surface area contributed by atoms with Crippen molar-refractivity contribution in [3.05, 3.63) is 0 Å². The number of nitrogens with two attached hydrogens (primary N) is 1. The maximum atomic E-state index is 5.47. The van der Waals surface area contributed by atoms with Gasteiger partial charge in [0.25, 0.3) is 0 Å². The second-order valence-corrected chi connectivity index (χ2v) is 5.92. The molecule has 1 aromatic heterocycles. The molecule has 0 spiro atoms. The number of hydrogen-bond acceptors (Lipinski definition) is 8. The van der Waals surface area contributed by atoms with Crippen LogP contribution in [0.2, 0.25) is 0 Å². The van der Waals surface area contributed by atoms with Crippen LogP contribution < -0.4 is 21.5 Å². The first-order valence-corrected chi connectivity index (χ1v) is 7.29. The highest BCUT2D eigenvalue weighted by Crippen LogP contribution is 2.20. The largest absolute Gasteiger partial charge is 0.382 e. The first-order chi connectivity index (χ1) is 10.0. The van der Waals surface area contributed by atoms with Crippen LogP contribution in [0.1, 0.15) is 33.1 Å². The molecule has 0 bridgehead atoms. The van der Waals surface area contributed by atoms with Crippen molar-refractivity contribution >= 4 is 17.8 Å². The zero-order chi connectivity index (χ0) is 15.3. The van der Waals surface area contributed by atoms with Crippen molar-refractivity contribution in [2.45, 2.75) is 38.6 Å². The molecule has 0 radical (unpaired) electrons. The van der Waals surface area contributed by atoms with Gasteiger partial charge in [0.1, 0.15) is 0 Å². The molecular formula is C13H25N7O. The first-order valence-electron chi connectivity index (χ1n) is 7.29. The zero-order valence-electron chi connectivity index (χ0n) is 13.0. The molecule has 21 heavy (non-hydrogen) atoms. The monoisotopic (exact) mass is 295 g/mol. The second-order valence-electron chi connectivity index (χ2n) is 5.92. The number of nitrogens with one attached hydrogen (secondary N) is 2. The quantitative estimate of drug-likeness (QED) is 0.527. The number of piperidine rings is 1. The normalized spacial score (nSPS) is 15.9. The molecule has 0 aromatic carbocycles. The lowest BCUT2D eigenvalue weighted by Gasteiger charge is -2.28. The average Bonchev–Trinajstić information content (AvgIpc) is 2.47. The number of anilines is 3. The van der Waals surface area contributed by atoms with E-state index >= 15 is 0 Å². The SMILES string of the molecule is COCC(C)(C)Nc1nc(NN)nc(N2CCCCC2)n1. The lowest BCUT2D eigenvalue weighted by Crippen LogP contribution is -2.37. The Morgan fingerprint density at radius 3 is 2.43 bits per heavy atom. The Morgan fingerprint density at radius 1 is 1.14 bits per heavy atom. The van der Waals surface area contributed by atoms with Crippen molar-refractivity contribution in [1.29, 1.82) is 0 Å². The van der Waals surface area contributed by atoms with Crippen LogP contribution in [0, 0.1) is 0 Å². The van der Waals surface area contributed by atoms with Crippen molar-refractivity contribution < 1.29 is 4.74 Å². The van der Waals surface area contributed by atoms with E-state index in [1.807, 2.05) is 13.8 Å². The molecule has 0 saturated carbocycles. The van der Waals surface area contributed by atoms with Gasteiger partial charge in [-0.2, -0.15) is 15.0 Å². The zero-order valence-corrected chi connectivity index (χ0v) is 13.0. The maximum Gasteiger partial charge on any atom is 0.243 e. The summed E-state index contributed by atoms with van der Waals surface area (Å²) in [6, 6.07) is 0. The topological polar surface area (TPSA) is 101 Å². The summed E-state index contributed by atoms with van der Waals surface area (Å²) in [6.45, 7) is 6.53. The molecule has 0 unspecified atom stereocenters. The Labute approximate surface area is 125 Å². The highest BCUT2D eigenvalue weighted by Gasteiger charge is 2.21. The van der Waals surface area contributed by atoms with Gasteiger partial charge in [-0.25, -0.2) is 5.84 Å². The lowest BCUT2D eigenvalue weighted by atomic mass is 10.1. The van der Waals surface area contributed by atoms with E-state index in [1.54, 1.807) is 7.11 Å². The summed E-state index contributed by atoms with van der Waals surface area (Å²) in [4.78, 5) is 15.3. The second kappa shape index (κ2) is 6.86. The summed E-state index contributed by atoms with van der Waals surface area (Å²) < 4.78 is 5.20. The van der Waals surface area contributed by atoms with Crippen LogP contribution in [-0.4, -0.2) is 47.3 Å². The van der Waals surface area contributed by atoms with E-state index in [2.05, 4.69) is 30.6 Å². The number of aromatic nitrogens is 3. The van der Waals surface area contributed by atoms with Crippen LogP contribution in [-0.2, 0) is 4.74 Å². The molecule has 118 valence electrons. The van der Waals surface area contributed by atoms with Crippen LogP contribution in [0.4, 0.5) is 17.8 Å². The molecule has 1 saturated heterocycles. The van der Waals surface area contributed by atoms with Gasteiger partial charge in [0.15, 0.2) is 0 Å². The van der Waals surface area contributed by atoms with Gasteiger partial charge in [0.2, 0.25) is 17.8 Å². The van der Waals surface area contributed by atoms with Crippen LogP contribution in [0.25, 0.3) is 0 Å². The number of hydrazine groups is 1. The molecule has 1 fully saturated rings. The highest BCUT2D eigenvalue weighted by atomic mass is 16.5. The molecular weight excluding hydrogens is 270 g/mol. The minimum absolute atomic E-state index is 0.277. The Bertz CT molecular complexity index is 460. The molecule has 1 aromatic rings. The fourth-order valence-electron chi connectivity index (χ4n) is 2.42. The molecule has 1 aliphatic rings. The standard InChI is InChI=1S/C13H25N7O/c1-13(2,9-21-3)18-10-15-11(19-14)17-12(16-10)20-7-5-4-6-8-20/h4-9,14H2,1-3H3,(H2,15,16,17,18,19). The third kappa shape index (κ3) is 4.40. The molecule has 0 atom stereocenters. The Balaban J connectivity index is 2.20. The average molecular weight is 295 g/mol. The summed E-state index contributed by atoms with van der Waals surface area (Å²) in [5.41, 5.74) is 2.23. The highest BCUT2D eigenvalue weighted by molar-refractivity contribution is 5.44. The van der Waals surface area contributed by atoms with E-state index in [1.165, 1.54) is 6.42 Å². The molecule has 2 heterocycles. The van der Waals surface area contributed by atoms with E-state index in [0.717, 1.165) is 25.9 Å². The molecule has 1 aliphatic heterocycles. The third-order valence-corrected chi connectivity index (χ3v) is 3.35. The number of nitrogen functional groups attached to an aromatic ring is 1. The van der Waals surface area contributed by atoms with Gasteiger partial charge < -0.3 is 15.0 Å². The molecule has 4 N–H and O–H groups in total. The van der Waals surface area contributed by atoms with Gasteiger partial charge in [0.05, 0.1) is 12.1 Å². The van der Waals surface area contributed by atoms with Crippen molar-refractivity contribution in [2.24, 2.45) is 5.84 Å². The fourth-order valence-corrected chi connectivity index (χ4v) is 2.42. The number of ether oxygens (including phenoxy) is 1. The van der Waals surface area contributed by atoms with E-state index in [4.69, 9.17) is 10.6 Å². The number of methoxy groups -OCH3 is 1. The van der Waals surface area contributed by atoms with Crippen LogP contribution >= 0.6 is 0 Å². The molecule has 8 nitrogen and oxygen atoms in total. The Morgan fingerprint density at radius 2 is 1.81 bits per heavy atom. The molecule has 8 heteroatoms. The summed E-state index contributed by atoms with van der Waals surface area (Å²) in [5, 5.41) is 3.26. The van der Waals surface area contributed by atoms with Crippen LogP contribution in [0.3, 0.4) is 0 Å². The summed E-state index contributed by atoms with van der Waals surface area (Å²) in [6.07, 6.45) is 3.58. The molecule has 0 amide bonds. The maximum absolute atomic E-state index is 5.47. The molecule has 2 rings (SSSR count). The minimum atomic E-state index is -0.277. The summed E-state index contributed by atoms with van der Waals surface area (Å²) in [5.74, 6) is 6.99. The number of nitrogens with zero attached hydrogens (tertiary/aromatic N) is 4. The van der Waals surface area contributed by atoms with E-state index in [9.17, 15) is 0 Å². The van der Waals surface area contributed by atoms with E-state index in [-0.39, 0.29) is 5.54 Å². The van der Waals surface area contributed by atoms with Gasteiger partial charge in [0, 0.05) is 20.2 Å². The lowest BCUT2D eigenvalue weighted by molar-refractivity contribution is 0.158. The van der Waals surface area contributed by atoms with Gasteiger partial charge in [-0.1, -0.05) is 0 Å². The van der Waals surface area contributed by atoms with Gasteiger partial charge in [-0.05, 0) is 33.1 Å². The van der Waals surface area contributed by atoms with Crippen molar-refractivity contribution in [3.63, 3.8) is 0 Å². The van der Waals surface area contributed by atoms with Crippen molar-refractivity contribution in [2.75, 3.05) is 42.4 Å². The third-order valence-electron chi connectivity index (χ3n) is 3.35. The van der Waals surface area contributed by atoms with Crippen molar-refractivity contribution in [1.82, 2.24) is 15.0 Å². The van der Waals surface area contributed by atoms with Crippen LogP contribution in [0.15, 0.2) is 0 Å². The summed E-state index contributed by atoms with van der Waals surface area (Å²) in [7, 11) is 1.67. The van der Waals surface area contributed by atoms with E-state index in [0.29, 0.717) is 24.5 Å². The first kappa shape index (κ1) is 15.7. The van der Waals surface area contributed by atoms with Crippen LogP contribution in [0.5, 0.6) is 0 Å². The van der Waals surface area contributed by atoms with Gasteiger partial charge in [-0.3, -0.25) is 5.43 Å². The minimum Gasteiger partial charge on any atom is -0.382 e. The summed E-state index contributed by atoms with van der Waals surface area (Å²) >= 11 is 0. The number of rotatable bonds is 6. The van der Waals surface area contributed by atoms with E-state index < -0.39 is 0 Å². The van der Waals surface area contributed by atoms with Gasteiger partial charge in [-0.15, -0.1) is 0 Å². The smallest absolute Gasteiger partial charge is 0.243 e. The number of hydrogen-bond donors (Lipinski definition) is 3. The van der Waals surface area contributed by atoms with Gasteiger partial charge >= 0.3 is 0 Å². The predicted octanol–water partition coefficient (Wildman–Crippen LogP) is 0.984. The Hall–Kier alpha value is -1.67. The van der Waals surface area contributed by atoms with Crippen molar-refractivity contribution in [3.8, 4) is 0 Å². The predicted molar refractivity (Wildman–Crippen MR) is 83.3 cm³/mol.